The van der Waals surface area contributed by atoms with Crippen LogP contribution >= 0.6 is 0 Å². The molecule has 0 aromatic carbocycles. The quantitative estimate of drug-likeness (QED) is 0.802. The fourth-order valence-electron chi connectivity index (χ4n) is 1.34. The van der Waals surface area contributed by atoms with Gasteiger partial charge in [0.05, 0.1) is 13.0 Å². The first-order chi connectivity index (χ1) is 7.17. The standard InChI is InChI=1S/C11H15NO3/c1-3-8(11(13)14)7-9-5-4-6-10(12-9)15-2/h4-6,8H,3,7H2,1-2H3,(H,13,14). The average molecular weight is 209 g/mol. The predicted octanol–water partition coefficient (Wildman–Crippen LogP) is 1.74. The molecule has 0 aliphatic rings. The third kappa shape index (κ3) is 3.23. The Hall–Kier alpha value is -1.58. The second kappa shape index (κ2) is 5.34. The number of ether oxygens (including phenoxy) is 1. The monoisotopic (exact) mass is 209 g/mol. The summed E-state index contributed by atoms with van der Waals surface area (Å²) in [7, 11) is 1.54. The highest BCUT2D eigenvalue weighted by atomic mass is 16.5. The van der Waals surface area contributed by atoms with Crippen LogP contribution in [0, 0.1) is 5.92 Å². The summed E-state index contributed by atoms with van der Waals surface area (Å²) in [6, 6.07) is 5.37. The predicted molar refractivity (Wildman–Crippen MR) is 55.9 cm³/mol. The van der Waals surface area contributed by atoms with Gasteiger partial charge in [0.2, 0.25) is 5.88 Å². The molecule has 1 aromatic rings. The van der Waals surface area contributed by atoms with Crippen molar-refractivity contribution >= 4 is 5.97 Å². The molecule has 0 bridgehead atoms. The van der Waals surface area contributed by atoms with E-state index in [2.05, 4.69) is 4.98 Å². The van der Waals surface area contributed by atoms with Crippen LogP contribution in [0.1, 0.15) is 19.0 Å². The number of carboxylic acids is 1. The highest BCUT2D eigenvalue weighted by Crippen LogP contribution is 2.13. The normalized spacial score (nSPS) is 12.1. The first-order valence-electron chi connectivity index (χ1n) is 4.90. The second-order valence-electron chi connectivity index (χ2n) is 3.32. The van der Waals surface area contributed by atoms with Crippen molar-refractivity contribution in [2.24, 2.45) is 5.92 Å². The zero-order valence-electron chi connectivity index (χ0n) is 8.93. The Balaban J connectivity index is 2.74. The smallest absolute Gasteiger partial charge is 0.306 e. The Bertz CT molecular complexity index is 338. The first kappa shape index (κ1) is 11.5. The molecule has 4 heteroatoms. The van der Waals surface area contributed by atoms with Crippen LogP contribution in [0.2, 0.25) is 0 Å². The van der Waals surface area contributed by atoms with Crippen molar-refractivity contribution in [1.29, 1.82) is 0 Å². The summed E-state index contributed by atoms with van der Waals surface area (Å²) in [6.07, 6.45) is 1.05. The number of hydrogen-bond acceptors (Lipinski definition) is 3. The molecule has 15 heavy (non-hydrogen) atoms. The molecule has 1 atom stereocenters. The highest BCUT2D eigenvalue weighted by molar-refractivity contribution is 5.70. The summed E-state index contributed by atoms with van der Waals surface area (Å²) < 4.78 is 4.97. The van der Waals surface area contributed by atoms with Crippen LogP contribution in [0.25, 0.3) is 0 Å². The zero-order valence-corrected chi connectivity index (χ0v) is 8.93. The molecule has 1 unspecified atom stereocenters. The second-order valence-corrected chi connectivity index (χ2v) is 3.32. The van der Waals surface area contributed by atoms with E-state index in [-0.39, 0.29) is 5.92 Å². The number of aromatic nitrogens is 1. The molecule has 1 aromatic heterocycles. The molecule has 1 heterocycles. The van der Waals surface area contributed by atoms with Gasteiger partial charge in [-0.3, -0.25) is 4.79 Å². The Morgan fingerprint density at radius 1 is 1.60 bits per heavy atom. The summed E-state index contributed by atoms with van der Waals surface area (Å²) in [5.74, 6) is -0.625. The van der Waals surface area contributed by atoms with Gasteiger partial charge in [0.15, 0.2) is 0 Å². The van der Waals surface area contributed by atoms with E-state index in [0.717, 1.165) is 5.69 Å². The van der Waals surface area contributed by atoms with Crippen molar-refractivity contribution in [1.82, 2.24) is 4.98 Å². The minimum absolute atomic E-state index is 0.371. The van der Waals surface area contributed by atoms with Crippen molar-refractivity contribution in [3.63, 3.8) is 0 Å². The molecular weight excluding hydrogens is 194 g/mol. The lowest BCUT2D eigenvalue weighted by Crippen LogP contribution is -2.16. The number of rotatable bonds is 5. The lowest BCUT2D eigenvalue weighted by atomic mass is 10.0. The maximum atomic E-state index is 10.8. The van der Waals surface area contributed by atoms with E-state index in [4.69, 9.17) is 9.84 Å². The molecule has 0 amide bonds. The molecule has 0 saturated carbocycles. The fourth-order valence-corrected chi connectivity index (χ4v) is 1.34. The number of methoxy groups -OCH3 is 1. The number of carbonyl (C=O) groups is 1. The average Bonchev–Trinajstić information content (AvgIpc) is 2.25. The Kier molecular flexibility index (Phi) is 4.09. The van der Waals surface area contributed by atoms with Crippen molar-refractivity contribution < 1.29 is 14.6 Å². The van der Waals surface area contributed by atoms with E-state index < -0.39 is 5.97 Å². The molecule has 0 radical (unpaired) electrons. The van der Waals surface area contributed by atoms with Gasteiger partial charge < -0.3 is 9.84 Å². The van der Waals surface area contributed by atoms with Gasteiger partial charge in [-0.25, -0.2) is 4.98 Å². The van der Waals surface area contributed by atoms with Crippen LogP contribution in [0.15, 0.2) is 18.2 Å². The van der Waals surface area contributed by atoms with Crippen LogP contribution in [0.4, 0.5) is 0 Å². The zero-order chi connectivity index (χ0) is 11.3. The van der Waals surface area contributed by atoms with Crippen LogP contribution < -0.4 is 4.74 Å². The van der Waals surface area contributed by atoms with Gasteiger partial charge in [-0.1, -0.05) is 13.0 Å². The summed E-state index contributed by atoms with van der Waals surface area (Å²) in [4.78, 5) is 15.0. The number of aliphatic carboxylic acids is 1. The Morgan fingerprint density at radius 2 is 2.33 bits per heavy atom. The maximum Gasteiger partial charge on any atom is 0.306 e. The molecule has 1 N–H and O–H groups in total. The SMILES string of the molecule is CCC(Cc1cccc(OC)n1)C(=O)O. The topological polar surface area (TPSA) is 59.4 Å². The molecule has 0 aliphatic heterocycles. The molecule has 0 saturated heterocycles. The van der Waals surface area contributed by atoms with E-state index in [1.165, 1.54) is 0 Å². The third-order valence-electron chi connectivity index (χ3n) is 2.29. The largest absolute Gasteiger partial charge is 0.481 e. The summed E-state index contributed by atoms with van der Waals surface area (Å²) in [5, 5.41) is 8.90. The van der Waals surface area contributed by atoms with Gasteiger partial charge in [0, 0.05) is 18.2 Å². The minimum atomic E-state index is -0.776. The molecule has 0 spiro atoms. The maximum absolute atomic E-state index is 10.8. The van der Waals surface area contributed by atoms with Gasteiger partial charge in [-0.2, -0.15) is 0 Å². The van der Waals surface area contributed by atoms with Crippen molar-refractivity contribution in [2.75, 3.05) is 7.11 Å². The number of carboxylic acid groups (broad SMARTS) is 1. The Morgan fingerprint density at radius 3 is 2.87 bits per heavy atom. The van der Waals surface area contributed by atoms with Crippen molar-refractivity contribution in [2.45, 2.75) is 19.8 Å². The van der Waals surface area contributed by atoms with E-state index in [0.29, 0.717) is 18.7 Å². The van der Waals surface area contributed by atoms with Gasteiger partial charge >= 0.3 is 5.97 Å². The lowest BCUT2D eigenvalue weighted by Gasteiger charge is -2.09. The Labute approximate surface area is 88.9 Å². The molecule has 0 aliphatic carbocycles. The van der Waals surface area contributed by atoms with Crippen LogP contribution in [0.3, 0.4) is 0 Å². The van der Waals surface area contributed by atoms with Gasteiger partial charge in [-0.15, -0.1) is 0 Å². The van der Waals surface area contributed by atoms with Crippen molar-refractivity contribution in [3.8, 4) is 5.88 Å². The number of hydrogen-bond donors (Lipinski definition) is 1. The van der Waals surface area contributed by atoms with Gasteiger partial charge in [0.25, 0.3) is 0 Å². The first-order valence-corrected chi connectivity index (χ1v) is 4.90. The molecule has 4 nitrogen and oxygen atoms in total. The third-order valence-corrected chi connectivity index (χ3v) is 2.29. The van der Waals surface area contributed by atoms with Crippen molar-refractivity contribution in [3.05, 3.63) is 23.9 Å². The molecular formula is C11H15NO3. The highest BCUT2D eigenvalue weighted by Gasteiger charge is 2.16. The molecule has 0 fully saturated rings. The van der Waals surface area contributed by atoms with E-state index in [1.54, 1.807) is 13.2 Å². The summed E-state index contributed by atoms with van der Waals surface area (Å²) in [5.41, 5.74) is 0.753. The molecule has 1 rings (SSSR count). The number of pyridine rings is 1. The van der Waals surface area contributed by atoms with E-state index >= 15 is 0 Å². The van der Waals surface area contributed by atoms with Crippen LogP contribution in [-0.2, 0) is 11.2 Å². The van der Waals surface area contributed by atoms with E-state index in [9.17, 15) is 4.79 Å². The van der Waals surface area contributed by atoms with Gasteiger partial charge in [-0.05, 0) is 12.5 Å². The lowest BCUT2D eigenvalue weighted by molar-refractivity contribution is -0.141. The molecule has 82 valence electrons. The summed E-state index contributed by atoms with van der Waals surface area (Å²) in [6.45, 7) is 1.86. The fraction of sp³-hybridized carbons (Fsp3) is 0.455. The van der Waals surface area contributed by atoms with Crippen LogP contribution in [0.5, 0.6) is 5.88 Å². The van der Waals surface area contributed by atoms with Crippen LogP contribution in [-0.4, -0.2) is 23.2 Å². The number of nitrogens with zero attached hydrogens (tertiary/aromatic N) is 1. The van der Waals surface area contributed by atoms with Gasteiger partial charge in [0.1, 0.15) is 0 Å². The minimum Gasteiger partial charge on any atom is -0.481 e. The van der Waals surface area contributed by atoms with E-state index in [1.807, 2.05) is 19.1 Å². The summed E-state index contributed by atoms with van der Waals surface area (Å²) >= 11 is 0.